The highest BCUT2D eigenvalue weighted by molar-refractivity contribution is 6.93. The maximum absolute atomic E-state index is 13.1. The molecule has 0 heterocycles. The van der Waals surface area contributed by atoms with E-state index in [4.69, 9.17) is 9.53 Å². The van der Waals surface area contributed by atoms with E-state index in [1.807, 2.05) is 0 Å². The molecule has 1 atom stereocenters. The van der Waals surface area contributed by atoms with Gasteiger partial charge in [0.1, 0.15) is 5.75 Å². The zero-order valence-electron chi connectivity index (χ0n) is 10.9. The van der Waals surface area contributed by atoms with E-state index < -0.39 is 28.9 Å². The van der Waals surface area contributed by atoms with Crippen LogP contribution in [0.4, 0.5) is 22.4 Å². The molecule has 1 saturated carbocycles. The van der Waals surface area contributed by atoms with Crippen molar-refractivity contribution in [3.05, 3.63) is 29.8 Å². The first-order valence-corrected chi connectivity index (χ1v) is 6.70. The van der Waals surface area contributed by atoms with Gasteiger partial charge in [-0.05, 0) is 47.8 Å². The summed E-state index contributed by atoms with van der Waals surface area (Å²) in [4.78, 5) is 8.98. The standard InChI is InChI=1S/C12H12F4O.CCl2O/c1-2-17-9-5-3-8(4-6-9)10-7-11(13,14)12(10,15)16;2-1(3)4/h3-6,10H,2,7H2,1H3;. The third-order valence-electron chi connectivity index (χ3n) is 2.98. The Balaban J connectivity index is 0.000000491. The molecular weight excluding hydrogens is 335 g/mol. The Morgan fingerprint density at radius 1 is 1.24 bits per heavy atom. The highest BCUT2D eigenvalue weighted by Crippen LogP contribution is 2.59. The van der Waals surface area contributed by atoms with Crippen molar-refractivity contribution >= 4 is 27.9 Å². The van der Waals surface area contributed by atoms with Crippen LogP contribution in [0.1, 0.15) is 24.8 Å². The molecule has 1 aliphatic rings. The molecule has 1 unspecified atom stereocenters. The molecule has 0 aromatic heterocycles. The van der Waals surface area contributed by atoms with Crippen LogP contribution in [-0.4, -0.2) is 23.2 Å². The summed E-state index contributed by atoms with van der Waals surface area (Å²) < 4.78 is 55.9. The second-order valence-electron chi connectivity index (χ2n) is 4.31. The zero-order valence-corrected chi connectivity index (χ0v) is 12.4. The minimum Gasteiger partial charge on any atom is -0.494 e. The Bertz CT molecular complexity index is 487. The van der Waals surface area contributed by atoms with Crippen molar-refractivity contribution in [2.24, 2.45) is 0 Å². The van der Waals surface area contributed by atoms with Crippen LogP contribution in [0.5, 0.6) is 5.75 Å². The summed E-state index contributed by atoms with van der Waals surface area (Å²) in [6, 6.07) is 5.87. The van der Waals surface area contributed by atoms with E-state index in [2.05, 4.69) is 23.2 Å². The largest absolute Gasteiger partial charge is 0.494 e. The number of benzene rings is 1. The van der Waals surface area contributed by atoms with Crippen LogP contribution in [0.15, 0.2) is 24.3 Å². The predicted octanol–water partition coefficient (Wildman–Crippen LogP) is 5.43. The number of hydrogen-bond acceptors (Lipinski definition) is 2. The van der Waals surface area contributed by atoms with Crippen LogP contribution < -0.4 is 4.74 Å². The van der Waals surface area contributed by atoms with Crippen molar-refractivity contribution < 1.29 is 27.1 Å². The normalized spacial score (nSPS) is 21.6. The topological polar surface area (TPSA) is 26.3 Å². The van der Waals surface area contributed by atoms with E-state index in [0.29, 0.717) is 12.4 Å². The van der Waals surface area contributed by atoms with Gasteiger partial charge in [0.2, 0.25) is 0 Å². The van der Waals surface area contributed by atoms with E-state index in [-0.39, 0.29) is 5.56 Å². The molecule has 21 heavy (non-hydrogen) atoms. The van der Waals surface area contributed by atoms with Crippen LogP contribution in [-0.2, 0) is 0 Å². The number of carbonyl (C=O) groups is 1. The van der Waals surface area contributed by atoms with Gasteiger partial charge in [-0.15, -0.1) is 0 Å². The van der Waals surface area contributed by atoms with Crippen molar-refractivity contribution in [3.63, 3.8) is 0 Å². The maximum Gasteiger partial charge on any atom is 0.317 e. The SMILES string of the molecule is CCOc1ccc(C2CC(F)(F)C2(F)F)cc1.O=C(Cl)Cl. The lowest BCUT2D eigenvalue weighted by Gasteiger charge is -2.44. The second-order valence-corrected chi connectivity index (χ2v) is 5.19. The smallest absolute Gasteiger partial charge is 0.317 e. The van der Waals surface area contributed by atoms with Gasteiger partial charge in [0.25, 0.3) is 0 Å². The molecular formula is C13H12Cl2F4O2. The van der Waals surface area contributed by atoms with Gasteiger partial charge >= 0.3 is 16.5 Å². The third kappa shape index (κ3) is 4.23. The third-order valence-corrected chi connectivity index (χ3v) is 2.98. The van der Waals surface area contributed by atoms with E-state index >= 15 is 0 Å². The lowest BCUT2D eigenvalue weighted by molar-refractivity contribution is -0.290. The fraction of sp³-hybridized carbons (Fsp3) is 0.462. The van der Waals surface area contributed by atoms with Crippen molar-refractivity contribution in [3.8, 4) is 5.75 Å². The Labute approximate surface area is 129 Å². The average Bonchev–Trinajstić information content (AvgIpc) is 2.37. The molecule has 118 valence electrons. The van der Waals surface area contributed by atoms with Crippen molar-refractivity contribution in [1.29, 1.82) is 0 Å². The summed E-state index contributed by atoms with van der Waals surface area (Å²) >= 11 is 8.80. The van der Waals surface area contributed by atoms with E-state index in [9.17, 15) is 17.6 Å². The van der Waals surface area contributed by atoms with Gasteiger partial charge in [-0.25, -0.2) is 0 Å². The minimum absolute atomic E-state index is 0.226. The zero-order chi connectivity index (χ0) is 16.3. The molecule has 0 aliphatic heterocycles. The number of ether oxygens (including phenoxy) is 1. The molecule has 8 heteroatoms. The van der Waals surface area contributed by atoms with Gasteiger partial charge in [0.15, 0.2) is 0 Å². The number of hydrogen-bond donors (Lipinski definition) is 0. The Morgan fingerprint density at radius 2 is 1.71 bits per heavy atom. The van der Waals surface area contributed by atoms with Crippen molar-refractivity contribution in [1.82, 2.24) is 0 Å². The van der Waals surface area contributed by atoms with E-state index in [1.54, 1.807) is 6.92 Å². The summed E-state index contributed by atoms with van der Waals surface area (Å²) in [5.41, 5.74) is 0.226. The van der Waals surface area contributed by atoms with Gasteiger partial charge < -0.3 is 4.74 Å². The number of carbonyl (C=O) groups excluding carboxylic acids is 1. The molecule has 2 nitrogen and oxygen atoms in total. The summed E-state index contributed by atoms with van der Waals surface area (Å²) in [6.45, 7) is 2.27. The molecule has 0 bridgehead atoms. The first kappa shape index (κ1) is 18.0. The highest BCUT2D eigenvalue weighted by Gasteiger charge is 2.71. The lowest BCUT2D eigenvalue weighted by atomic mass is 9.73. The first-order chi connectivity index (χ1) is 9.61. The predicted molar refractivity (Wildman–Crippen MR) is 72.0 cm³/mol. The summed E-state index contributed by atoms with van der Waals surface area (Å²) in [7, 11) is 0. The van der Waals surface area contributed by atoms with Crippen molar-refractivity contribution in [2.45, 2.75) is 31.1 Å². The lowest BCUT2D eigenvalue weighted by Crippen LogP contribution is -2.56. The van der Waals surface area contributed by atoms with Gasteiger partial charge in [-0.1, -0.05) is 12.1 Å². The summed E-state index contributed by atoms with van der Waals surface area (Å²) in [6.07, 6.45) is -0.798. The van der Waals surface area contributed by atoms with Crippen LogP contribution in [0.2, 0.25) is 0 Å². The highest BCUT2D eigenvalue weighted by atomic mass is 35.5. The molecule has 0 saturated heterocycles. The molecule has 0 amide bonds. The van der Waals surface area contributed by atoms with Crippen LogP contribution in [0, 0.1) is 0 Å². The molecule has 0 spiro atoms. The average molecular weight is 347 g/mol. The maximum atomic E-state index is 13.1. The molecule has 0 N–H and O–H groups in total. The Hall–Kier alpha value is -1.01. The van der Waals surface area contributed by atoms with Crippen LogP contribution in [0.3, 0.4) is 0 Å². The van der Waals surface area contributed by atoms with Gasteiger partial charge in [-0.3, -0.25) is 4.79 Å². The molecule has 1 aromatic carbocycles. The molecule has 0 radical (unpaired) electrons. The Morgan fingerprint density at radius 3 is 2.05 bits per heavy atom. The number of alkyl halides is 4. The molecule has 1 fully saturated rings. The quantitative estimate of drug-likeness (QED) is 0.539. The summed E-state index contributed by atoms with van der Waals surface area (Å²) in [5, 5.41) is 0. The van der Waals surface area contributed by atoms with Gasteiger partial charge in [0, 0.05) is 6.42 Å². The fourth-order valence-corrected chi connectivity index (χ4v) is 1.93. The van der Waals surface area contributed by atoms with Gasteiger partial charge in [0.05, 0.1) is 12.5 Å². The van der Waals surface area contributed by atoms with E-state index in [0.717, 1.165) is 0 Å². The van der Waals surface area contributed by atoms with E-state index in [1.165, 1.54) is 24.3 Å². The van der Waals surface area contributed by atoms with Crippen molar-refractivity contribution in [2.75, 3.05) is 6.61 Å². The van der Waals surface area contributed by atoms with Crippen LogP contribution >= 0.6 is 23.2 Å². The molecule has 1 aromatic rings. The fourth-order valence-electron chi connectivity index (χ4n) is 1.93. The molecule has 2 rings (SSSR count). The number of halogens is 6. The van der Waals surface area contributed by atoms with Gasteiger partial charge in [-0.2, -0.15) is 17.6 Å². The molecule has 1 aliphatic carbocycles. The summed E-state index contributed by atoms with van der Waals surface area (Å²) in [5.74, 6) is -8.67. The first-order valence-electron chi connectivity index (χ1n) is 5.95. The second kappa shape index (κ2) is 6.83. The number of rotatable bonds is 3. The minimum atomic E-state index is -3.94. The van der Waals surface area contributed by atoms with Crippen LogP contribution in [0.25, 0.3) is 0 Å². The monoisotopic (exact) mass is 346 g/mol. The Kier molecular flexibility index (Phi) is 5.87.